The van der Waals surface area contributed by atoms with Crippen LogP contribution in [0.25, 0.3) is 0 Å². The standard InChI is InChI=1S/C15H25N/c1-6-15(5,7-2)16-11-14-9-8-12(3)13(4)10-14/h8-10,16H,6-7,11H2,1-5H3. The van der Waals surface area contributed by atoms with Crippen molar-refractivity contribution in [1.29, 1.82) is 0 Å². The van der Waals surface area contributed by atoms with E-state index in [1.807, 2.05) is 0 Å². The minimum Gasteiger partial charge on any atom is -0.307 e. The molecule has 0 bridgehead atoms. The van der Waals surface area contributed by atoms with Crippen LogP contribution in [0.2, 0.25) is 0 Å². The molecule has 1 N–H and O–H groups in total. The molecular formula is C15H25N. The zero-order chi connectivity index (χ0) is 12.2. The molecule has 0 aliphatic heterocycles. The van der Waals surface area contributed by atoms with Crippen LogP contribution in [0.3, 0.4) is 0 Å². The normalized spacial score (nSPS) is 11.8. The highest BCUT2D eigenvalue weighted by Crippen LogP contribution is 2.16. The molecule has 1 heteroatoms. The van der Waals surface area contributed by atoms with Gasteiger partial charge in [0.05, 0.1) is 0 Å². The van der Waals surface area contributed by atoms with Gasteiger partial charge in [-0.1, -0.05) is 32.0 Å². The molecule has 0 unspecified atom stereocenters. The van der Waals surface area contributed by atoms with Crippen LogP contribution >= 0.6 is 0 Å². The summed E-state index contributed by atoms with van der Waals surface area (Å²) in [4.78, 5) is 0. The van der Waals surface area contributed by atoms with Gasteiger partial charge in [-0.25, -0.2) is 0 Å². The minimum atomic E-state index is 0.277. The lowest BCUT2D eigenvalue weighted by molar-refractivity contribution is 0.329. The van der Waals surface area contributed by atoms with Gasteiger partial charge in [0.25, 0.3) is 0 Å². The van der Waals surface area contributed by atoms with E-state index in [9.17, 15) is 0 Å². The van der Waals surface area contributed by atoms with Gasteiger partial charge in [-0.15, -0.1) is 0 Å². The second-order valence-corrected chi connectivity index (χ2v) is 5.04. The van der Waals surface area contributed by atoms with Crippen LogP contribution in [-0.2, 0) is 6.54 Å². The lowest BCUT2D eigenvalue weighted by Crippen LogP contribution is -2.40. The van der Waals surface area contributed by atoms with Crippen molar-refractivity contribution in [2.45, 2.75) is 59.5 Å². The first-order chi connectivity index (χ1) is 7.50. The molecule has 0 fully saturated rings. The number of rotatable bonds is 5. The summed E-state index contributed by atoms with van der Waals surface area (Å²) in [5.41, 5.74) is 4.42. The predicted molar refractivity (Wildman–Crippen MR) is 71.7 cm³/mol. The van der Waals surface area contributed by atoms with Gasteiger partial charge >= 0.3 is 0 Å². The third-order valence-electron chi connectivity index (χ3n) is 3.85. The van der Waals surface area contributed by atoms with E-state index >= 15 is 0 Å². The lowest BCUT2D eigenvalue weighted by Gasteiger charge is -2.28. The number of nitrogens with one attached hydrogen (secondary N) is 1. The van der Waals surface area contributed by atoms with Crippen molar-refractivity contribution in [2.75, 3.05) is 0 Å². The van der Waals surface area contributed by atoms with Gasteiger partial charge in [-0.05, 0) is 50.3 Å². The highest BCUT2D eigenvalue weighted by Gasteiger charge is 2.17. The van der Waals surface area contributed by atoms with Crippen molar-refractivity contribution in [3.8, 4) is 0 Å². The summed E-state index contributed by atoms with van der Waals surface area (Å²) >= 11 is 0. The van der Waals surface area contributed by atoms with Crippen LogP contribution in [-0.4, -0.2) is 5.54 Å². The Hall–Kier alpha value is -0.820. The average Bonchev–Trinajstić information content (AvgIpc) is 2.30. The molecule has 90 valence electrons. The average molecular weight is 219 g/mol. The fraction of sp³-hybridized carbons (Fsp3) is 0.600. The maximum Gasteiger partial charge on any atom is 0.0210 e. The van der Waals surface area contributed by atoms with Crippen LogP contribution in [0.4, 0.5) is 0 Å². The molecule has 1 aromatic carbocycles. The summed E-state index contributed by atoms with van der Waals surface area (Å²) in [6.45, 7) is 12.1. The number of hydrogen-bond acceptors (Lipinski definition) is 1. The Morgan fingerprint density at radius 2 is 1.69 bits per heavy atom. The van der Waals surface area contributed by atoms with Crippen LogP contribution in [0.1, 0.15) is 50.3 Å². The van der Waals surface area contributed by atoms with E-state index in [0.29, 0.717) is 0 Å². The monoisotopic (exact) mass is 219 g/mol. The smallest absolute Gasteiger partial charge is 0.0210 e. The SMILES string of the molecule is CCC(C)(CC)NCc1ccc(C)c(C)c1. The van der Waals surface area contributed by atoms with Gasteiger partial charge in [-0.2, -0.15) is 0 Å². The number of hydrogen-bond donors (Lipinski definition) is 1. The van der Waals surface area contributed by atoms with Gasteiger partial charge in [0.15, 0.2) is 0 Å². The van der Waals surface area contributed by atoms with E-state index in [0.717, 1.165) is 6.54 Å². The van der Waals surface area contributed by atoms with Crippen molar-refractivity contribution in [1.82, 2.24) is 5.32 Å². The molecular weight excluding hydrogens is 194 g/mol. The molecule has 1 aromatic rings. The molecule has 0 spiro atoms. The number of aryl methyl sites for hydroxylation is 2. The van der Waals surface area contributed by atoms with Gasteiger partial charge in [0, 0.05) is 12.1 Å². The van der Waals surface area contributed by atoms with Crippen molar-refractivity contribution in [3.05, 3.63) is 34.9 Å². The van der Waals surface area contributed by atoms with Crippen molar-refractivity contribution in [3.63, 3.8) is 0 Å². The summed E-state index contributed by atoms with van der Waals surface area (Å²) < 4.78 is 0. The Labute approximate surface area is 100 Å². The Morgan fingerprint density at radius 1 is 1.06 bits per heavy atom. The molecule has 0 saturated heterocycles. The zero-order valence-electron chi connectivity index (χ0n) is 11.4. The Morgan fingerprint density at radius 3 is 2.19 bits per heavy atom. The second-order valence-electron chi connectivity index (χ2n) is 5.04. The fourth-order valence-electron chi connectivity index (χ4n) is 1.73. The summed E-state index contributed by atoms with van der Waals surface area (Å²) in [6.07, 6.45) is 2.35. The highest BCUT2D eigenvalue weighted by molar-refractivity contribution is 5.29. The van der Waals surface area contributed by atoms with E-state index in [4.69, 9.17) is 0 Å². The summed E-state index contributed by atoms with van der Waals surface area (Å²) in [7, 11) is 0. The molecule has 0 aliphatic rings. The molecule has 0 heterocycles. The Kier molecular flexibility index (Phi) is 4.55. The minimum absolute atomic E-state index is 0.277. The van der Waals surface area contributed by atoms with E-state index in [1.54, 1.807) is 0 Å². The van der Waals surface area contributed by atoms with Gasteiger partial charge in [-0.3, -0.25) is 0 Å². The maximum absolute atomic E-state index is 3.66. The van der Waals surface area contributed by atoms with Crippen molar-refractivity contribution in [2.24, 2.45) is 0 Å². The predicted octanol–water partition coefficient (Wildman–Crippen LogP) is 3.97. The van der Waals surface area contributed by atoms with E-state index < -0.39 is 0 Å². The van der Waals surface area contributed by atoms with E-state index in [2.05, 4.69) is 58.1 Å². The van der Waals surface area contributed by atoms with Crippen molar-refractivity contribution < 1.29 is 0 Å². The van der Waals surface area contributed by atoms with Crippen LogP contribution in [0.5, 0.6) is 0 Å². The number of benzene rings is 1. The molecule has 0 amide bonds. The highest BCUT2D eigenvalue weighted by atomic mass is 15.0. The second kappa shape index (κ2) is 5.49. The third kappa shape index (κ3) is 3.34. The van der Waals surface area contributed by atoms with Gasteiger partial charge < -0.3 is 5.32 Å². The zero-order valence-corrected chi connectivity index (χ0v) is 11.4. The van der Waals surface area contributed by atoms with Gasteiger partial charge in [0.1, 0.15) is 0 Å². The van der Waals surface area contributed by atoms with E-state index in [-0.39, 0.29) is 5.54 Å². The maximum atomic E-state index is 3.66. The molecule has 0 aromatic heterocycles. The van der Waals surface area contributed by atoms with Crippen molar-refractivity contribution >= 4 is 0 Å². The first-order valence-corrected chi connectivity index (χ1v) is 6.32. The summed E-state index contributed by atoms with van der Waals surface area (Å²) in [5, 5.41) is 3.66. The summed E-state index contributed by atoms with van der Waals surface area (Å²) in [5.74, 6) is 0. The Bertz CT molecular complexity index is 337. The topological polar surface area (TPSA) is 12.0 Å². The van der Waals surface area contributed by atoms with Crippen LogP contribution in [0.15, 0.2) is 18.2 Å². The largest absolute Gasteiger partial charge is 0.307 e. The van der Waals surface area contributed by atoms with Gasteiger partial charge in [0.2, 0.25) is 0 Å². The molecule has 0 atom stereocenters. The van der Waals surface area contributed by atoms with Crippen LogP contribution < -0.4 is 5.32 Å². The van der Waals surface area contributed by atoms with E-state index in [1.165, 1.54) is 29.5 Å². The molecule has 0 radical (unpaired) electrons. The summed E-state index contributed by atoms with van der Waals surface area (Å²) in [6, 6.07) is 6.72. The molecule has 0 aliphatic carbocycles. The van der Waals surface area contributed by atoms with Crippen LogP contribution in [0, 0.1) is 13.8 Å². The molecule has 0 saturated carbocycles. The Balaban J connectivity index is 2.64. The quantitative estimate of drug-likeness (QED) is 0.790. The molecule has 16 heavy (non-hydrogen) atoms. The fourth-order valence-corrected chi connectivity index (χ4v) is 1.73. The molecule has 1 nitrogen and oxygen atoms in total. The first kappa shape index (κ1) is 13.2. The third-order valence-corrected chi connectivity index (χ3v) is 3.85. The first-order valence-electron chi connectivity index (χ1n) is 6.32. The molecule has 1 rings (SSSR count). The lowest BCUT2D eigenvalue weighted by atomic mass is 9.95.